The zero-order chi connectivity index (χ0) is 16.2. The van der Waals surface area contributed by atoms with Crippen molar-refractivity contribution in [1.82, 2.24) is 4.57 Å². The summed E-state index contributed by atoms with van der Waals surface area (Å²) in [5, 5.41) is 7.64. The lowest BCUT2D eigenvalue weighted by atomic mass is 10.3. The van der Waals surface area contributed by atoms with Crippen LogP contribution in [0.2, 0.25) is 0 Å². The lowest BCUT2D eigenvalue weighted by Crippen LogP contribution is -2.15. The van der Waals surface area contributed by atoms with Crippen LogP contribution in [0.3, 0.4) is 0 Å². The first-order valence-corrected chi connectivity index (χ1v) is 7.98. The predicted molar refractivity (Wildman–Crippen MR) is 80.9 cm³/mol. The van der Waals surface area contributed by atoms with Crippen LogP contribution in [0.1, 0.15) is 16.9 Å². The number of aryl methyl sites for hydroxylation is 1. The summed E-state index contributed by atoms with van der Waals surface area (Å²) in [4.78, 5) is 22.6. The summed E-state index contributed by atoms with van der Waals surface area (Å²) in [5.41, 5.74) is 0.978. The summed E-state index contributed by atoms with van der Waals surface area (Å²) in [6.07, 6.45) is 2.63. The molecular weight excluding hydrogens is 306 g/mol. The van der Waals surface area contributed by atoms with Gasteiger partial charge in [0.05, 0.1) is 10.6 Å². The zero-order valence-electron chi connectivity index (χ0n) is 11.6. The molecule has 2 aromatic rings. The number of carbonyl (C=O) groups excluding carboxylic acids is 2. The molecule has 0 atom stereocenters. The van der Waals surface area contributed by atoms with E-state index in [9.17, 15) is 18.0 Å². The van der Waals surface area contributed by atoms with Crippen LogP contribution < -0.4 is 10.5 Å². The minimum Gasteiger partial charge on any atom is -0.345 e. The molecule has 1 aromatic carbocycles. The minimum atomic E-state index is -3.74. The van der Waals surface area contributed by atoms with Gasteiger partial charge in [0, 0.05) is 24.8 Å². The van der Waals surface area contributed by atoms with E-state index in [0.29, 0.717) is 17.9 Å². The van der Waals surface area contributed by atoms with Crippen molar-refractivity contribution >= 4 is 27.9 Å². The number of rotatable bonds is 6. The molecule has 0 saturated carbocycles. The summed E-state index contributed by atoms with van der Waals surface area (Å²) in [6.45, 7) is 0.377. The first-order valence-electron chi connectivity index (χ1n) is 6.43. The second-order valence-corrected chi connectivity index (χ2v) is 6.17. The molecule has 0 aliphatic heterocycles. The van der Waals surface area contributed by atoms with Gasteiger partial charge in [-0.2, -0.15) is 0 Å². The Morgan fingerprint density at radius 2 is 1.91 bits per heavy atom. The molecule has 8 heteroatoms. The molecule has 2 rings (SSSR count). The van der Waals surface area contributed by atoms with Gasteiger partial charge in [0.1, 0.15) is 0 Å². The maximum atomic E-state index is 11.8. The lowest BCUT2D eigenvalue weighted by Gasteiger charge is -2.07. The van der Waals surface area contributed by atoms with Crippen molar-refractivity contribution in [3.63, 3.8) is 0 Å². The van der Waals surface area contributed by atoms with Crippen molar-refractivity contribution in [1.29, 1.82) is 0 Å². The Bertz CT molecular complexity index is 779. The fourth-order valence-electron chi connectivity index (χ4n) is 1.91. The molecule has 0 unspecified atom stereocenters. The first-order chi connectivity index (χ1) is 10.4. The van der Waals surface area contributed by atoms with E-state index in [4.69, 9.17) is 5.14 Å². The molecular formula is C14H15N3O4S. The van der Waals surface area contributed by atoms with Crippen LogP contribution >= 0.6 is 0 Å². The van der Waals surface area contributed by atoms with Crippen molar-refractivity contribution in [2.75, 3.05) is 5.32 Å². The molecule has 7 nitrogen and oxygen atoms in total. The first kappa shape index (κ1) is 15.9. The summed E-state index contributed by atoms with van der Waals surface area (Å²) < 4.78 is 23.9. The van der Waals surface area contributed by atoms with Gasteiger partial charge in [-0.3, -0.25) is 9.59 Å². The molecule has 1 aromatic heterocycles. The number of nitrogens with zero attached hydrogens (tertiary/aromatic N) is 1. The molecule has 0 aliphatic carbocycles. The molecule has 1 amide bonds. The Balaban J connectivity index is 1.93. The molecule has 0 bridgehead atoms. The highest BCUT2D eigenvalue weighted by Crippen LogP contribution is 2.13. The SMILES string of the molecule is NS(=O)(=O)c1ccc(NC(=O)CCn2cccc2C=O)cc1. The number of amides is 1. The quantitative estimate of drug-likeness (QED) is 0.772. The van der Waals surface area contributed by atoms with Crippen molar-refractivity contribution in [3.8, 4) is 0 Å². The van der Waals surface area contributed by atoms with E-state index in [1.807, 2.05) is 0 Å². The minimum absolute atomic E-state index is 0.0199. The average Bonchev–Trinajstić information content (AvgIpc) is 2.92. The molecule has 0 fully saturated rings. The largest absolute Gasteiger partial charge is 0.345 e. The second-order valence-electron chi connectivity index (χ2n) is 4.61. The number of aldehydes is 1. The molecule has 3 N–H and O–H groups in total. The third-order valence-corrected chi connectivity index (χ3v) is 3.96. The van der Waals surface area contributed by atoms with E-state index in [1.165, 1.54) is 24.3 Å². The number of primary sulfonamides is 1. The maximum Gasteiger partial charge on any atom is 0.238 e. The van der Waals surface area contributed by atoms with Crippen LogP contribution in [0.4, 0.5) is 5.69 Å². The number of hydrogen-bond acceptors (Lipinski definition) is 4. The topological polar surface area (TPSA) is 111 Å². The molecule has 0 radical (unpaired) electrons. The Kier molecular flexibility index (Phi) is 4.74. The number of carbonyl (C=O) groups is 2. The maximum absolute atomic E-state index is 11.8. The summed E-state index contributed by atoms with van der Waals surface area (Å²) in [5.74, 6) is -0.242. The van der Waals surface area contributed by atoms with E-state index in [2.05, 4.69) is 5.32 Å². The standard InChI is InChI=1S/C14H15N3O4S/c15-22(20,21)13-5-3-11(4-6-13)16-14(19)7-9-17-8-1-2-12(17)10-18/h1-6,8,10H,7,9H2,(H,16,19)(H2,15,20,21). The van der Waals surface area contributed by atoms with Crippen molar-refractivity contribution in [2.45, 2.75) is 17.9 Å². The number of benzene rings is 1. The van der Waals surface area contributed by atoms with Gasteiger partial charge in [0.25, 0.3) is 0 Å². The molecule has 0 saturated heterocycles. The summed E-state index contributed by atoms with van der Waals surface area (Å²) in [7, 11) is -3.74. The fourth-order valence-corrected chi connectivity index (χ4v) is 2.43. The number of sulfonamides is 1. The van der Waals surface area contributed by atoms with E-state index in [0.717, 1.165) is 6.29 Å². The molecule has 0 spiro atoms. The van der Waals surface area contributed by atoms with Crippen molar-refractivity contribution in [2.24, 2.45) is 5.14 Å². The van der Waals surface area contributed by atoms with Crippen LogP contribution in [-0.4, -0.2) is 25.2 Å². The van der Waals surface area contributed by atoms with E-state index >= 15 is 0 Å². The van der Waals surface area contributed by atoms with Gasteiger partial charge in [-0.1, -0.05) is 0 Å². The highest BCUT2D eigenvalue weighted by molar-refractivity contribution is 7.89. The van der Waals surface area contributed by atoms with Crippen molar-refractivity contribution in [3.05, 3.63) is 48.3 Å². The molecule has 22 heavy (non-hydrogen) atoms. The molecule has 1 heterocycles. The third-order valence-electron chi connectivity index (χ3n) is 3.03. The Labute approximate surface area is 127 Å². The van der Waals surface area contributed by atoms with Crippen LogP contribution in [0.25, 0.3) is 0 Å². The normalized spacial score (nSPS) is 11.1. The number of anilines is 1. The fraction of sp³-hybridized carbons (Fsp3) is 0.143. The number of nitrogens with one attached hydrogen (secondary N) is 1. The van der Waals surface area contributed by atoms with Crippen LogP contribution in [0, 0.1) is 0 Å². The molecule has 116 valence electrons. The van der Waals surface area contributed by atoms with Crippen LogP contribution in [0.5, 0.6) is 0 Å². The van der Waals surface area contributed by atoms with Gasteiger partial charge in [-0.25, -0.2) is 13.6 Å². The van der Waals surface area contributed by atoms with Crippen LogP contribution in [-0.2, 0) is 21.4 Å². The van der Waals surface area contributed by atoms with E-state index in [-0.39, 0.29) is 17.2 Å². The Hall–Kier alpha value is -2.45. The average molecular weight is 321 g/mol. The highest BCUT2D eigenvalue weighted by atomic mass is 32.2. The number of hydrogen-bond donors (Lipinski definition) is 2. The van der Waals surface area contributed by atoms with Gasteiger partial charge in [-0.15, -0.1) is 0 Å². The Morgan fingerprint density at radius 1 is 1.23 bits per heavy atom. The highest BCUT2D eigenvalue weighted by Gasteiger charge is 2.08. The molecule has 0 aliphatic rings. The summed E-state index contributed by atoms with van der Waals surface area (Å²) >= 11 is 0. The smallest absolute Gasteiger partial charge is 0.238 e. The van der Waals surface area contributed by atoms with Gasteiger partial charge < -0.3 is 9.88 Å². The van der Waals surface area contributed by atoms with Crippen LogP contribution in [0.15, 0.2) is 47.5 Å². The van der Waals surface area contributed by atoms with Crippen molar-refractivity contribution < 1.29 is 18.0 Å². The monoisotopic (exact) mass is 321 g/mol. The number of aromatic nitrogens is 1. The number of nitrogens with two attached hydrogens (primary N) is 1. The van der Waals surface area contributed by atoms with E-state index < -0.39 is 10.0 Å². The Morgan fingerprint density at radius 3 is 2.50 bits per heavy atom. The third kappa shape index (κ3) is 4.03. The summed E-state index contributed by atoms with van der Waals surface area (Å²) in [6, 6.07) is 8.96. The van der Waals surface area contributed by atoms with Gasteiger partial charge >= 0.3 is 0 Å². The lowest BCUT2D eigenvalue weighted by molar-refractivity contribution is -0.116. The van der Waals surface area contributed by atoms with Gasteiger partial charge in [-0.05, 0) is 36.4 Å². The second kappa shape index (κ2) is 6.54. The van der Waals surface area contributed by atoms with Gasteiger partial charge in [0.15, 0.2) is 6.29 Å². The predicted octanol–water partition coefficient (Wildman–Crippen LogP) is 0.977. The van der Waals surface area contributed by atoms with Gasteiger partial charge in [0.2, 0.25) is 15.9 Å². The van der Waals surface area contributed by atoms with E-state index in [1.54, 1.807) is 22.9 Å². The zero-order valence-corrected chi connectivity index (χ0v) is 12.4.